The zero-order chi connectivity index (χ0) is 10.3. The van der Waals surface area contributed by atoms with Crippen LogP contribution in [-0.2, 0) is 32.7 Å². The van der Waals surface area contributed by atoms with Crippen molar-refractivity contribution >= 4 is 0 Å². The van der Waals surface area contributed by atoms with Crippen molar-refractivity contribution in [1.29, 1.82) is 0 Å². The van der Waals surface area contributed by atoms with E-state index in [0.29, 0.717) is 6.54 Å². The van der Waals surface area contributed by atoms with Gasteiger partial charge in [0.2, 0.25) is 0 Å². The Kier molecular flexibility index (Phi) is 12.8. The third kappa shape index (κ3) is 6.38. The van der Waals surface area contributed by atoms with Gasteiger partial charge < -0.3 is 5.11 Å². The van der Waals surface area contributed by atoms with Crippen LogP contribution in [0.5, 0.6) is 0 Å². The zero-order valence-corrected chi connectivity index (χ0v) is 11.8. The predicted molar refractivity (Wildman–Crippen MR) is 49.0 cm³/mol. The fourth-order valence-corrected chi connectivity index (χ4v) is 1.52. The van der Waals surface area contributed by atoms with Crippen LogP contribution >= 0.6 is 0 Å². The van der Waals surface area contributed by atoms with Gasteiger partial charge in [-0.1, -0.05) is 13.8 Å². The maximum atomic E-state index is 11.9. The number of hydrogen-bond acceptors (Lipinski definition) is 2. The van der Waals surface area contributed by atoms with Crippen molar-refractivity contribution in [2.75, 3.05) is 19.7 Å². The van der Waals surface area contributed by atoms with Crippen LogP contribution in [0.1, 0.15) is 26.7 Å². The van der Waals surface area contributed by atoms with E-state index >= 15 is 0 Å². The molecule has 1 atom stereocenters. The molecular formula is C9H19F2NOY. The third-order valence-corrected chi connectivity index (χ3v) is 2.08. The molecule has 1 fully saturated rings. The molecule has 5 heteroatoms. The van der Waals surface area contributed by atoms with E-state index in [1.165, 1.54) is 0 Å². The average molecular weight is 284 g/mol. The van der Waals surface area contributed by atoms with E-state index in [9.17, 15) is 8.78 Å². The molecule has 14 heavy (non-hydrogen) atoms. The van der Waals surface area contributed by atoms with Gasteiger partial charge in [-0.05, 0) is 19.4 Å². The second kappa shape index (κ2) is 10.4. The maximum absolute atomic E-state index is 11.9. The molecule has 0 aromatic carbocycles. The Morgan fingerprint density at radius 1 is 1.43 bits per heavy atom. The number of aliphatic hydroxyl groups excluding tert-OH is 1. The van der Waals surface area contributed by atoms with Gasteiger partial charge in [0.15, 0.2) is 0 Å². The van der Waals surface area contributed by atoms with Crippen molar-refractivity contribution in [1.82, 2.24) is 4.90 Å². The summed E-state index contributed by atoms with van der Waals surface area (Å²) in [5.74, 6) is 0. The Morgan fingerprint density at radius 3 is 2.43 bits per heavy atom. The fraction of sp³-hybridized carbons (Fsp3) is 1.00. The number of likely N-dealkylation sites (tertiary alicyclic amines) is 1. The molecule has 0 aliphatic carbocycles. The fourth-order valence-electron chi connectivity index (χ4n) is 1.52. The Bertz CT molecular complexity index is 127. The second-order valence-electron chi connectivity index (χ2n) is 2.86. The molecule has 0 saturated carbocycles. The van der Waals surface area contributed by atoms with E-state index in [1.807, 2.05) is 13.8 Å². The van der Waals surface area contributed by atoms with E-state index < -0.39 is 6.43 Å². The molecule has 0 amide bonds. The van der Waals surface area contributed by atoms with Gasteiger partial charge in [-0.15, -0.1) is 0 Å². The number of halogens is 2. The van der Waals surface area contributed by atoms with Gasteiger partial charge in [0, 0.05) is 38.8 Å². The van der Waals surface area contributed by atoms with E-state index in [1.54, 1.807) is 4.90 Å². The minimum absolute atomic E-state index is 0. The zero-order valence-electron chi connectivity index (χ0n) is 8.92. The first-order valence-electron chi connectivity index (χ1n) is 4.87. The Labute approximate surface area is 110 Å². The van der Waals surface area contributed by atoms with E-state index in [2.05, 4.69) is 0 Å². The van der Waals surface area contributed by atoms with Gasteiger partial charge in [0.05, 0.1) is 13.2 Å². The number of alkyl halides is 2. The maximum Gasteiger partial charge on any atom is 0.251 e. The third-order valence-electron chi connectivity index (χ3n) is 2.08. The Balaban J connectivity index is 0. The van der Waals surface area contributed by atoms with Crippen LogP contribution in [0.4, 0.5) is 8.78 Å². The van der Waals surface area contributed by atoms with Crippen molar-refractivity contribution in [3.63, 3.8) is 0 Å². The summed E-state index contributed by atoms with van der Waals surface area (Å²) in [6, 6.07) is -0.0241. The second-order valence-corrected chi connectivity index (χ2v) is 2.86. The van der Waals surface area contributed by atoms with Gasteiger partial charge in [-0.25, -0.2) is 8.78 Å². The van der Waals surface area contributed by atoms with Crippen LogP contribution < -0.4 is 0 Å². The summed E-state index contributed by atoms with van der Waals surface area (Å²) in [7, 11) is 0. The van der Waals surface area contributed by atoms with Crippen LogP contribution in [0.15, 0.2) is 0 Å². The first kappa shape index (κ1) is 17.3. The van der Waals surface area contributed by atoms with Gasteiger partial charge in [0.25, 0.3) is 6.43 Å². The SMILES string of the molecule is CC.OCC1CCCN1CC(F)F.[Y]. The molecule has 1 radical (unpaired) electrons. The largest absolute Gasteiger partial charge is 0.395 e. The van der Waals surface area contributed by atoms with Crippen LogP contribution in [0.2, 0.25) is 0 Å². The Hall–Kier alpha value is 0.884. The Morgan fingerprint density at radius 2 is 2.00 bits per heavy atom. The molecule has 2 nitrogen and oxygen atoms in total. The number of hydrogen-bond donors (Lipinski definition) is 1. The van der Waals surface area contributed by atoms with Crippen LogP contribution in [-0.4, -0.2) is 42.2 Å². The van der Waals surface area contributed by atoms with Crippen LogP contribution in [0, 0.1) is 0 Å². The molecule has 1 aliphatic rings. The van der Waals surface area contributed by atoms with Gasteiger partial charge in [-0.2, -0.15) is 0 Å². The molecule has 1 saturated heterocycles. The summed E-state index contributed by atoms with van der Waals surface area (Å²) < 4.78 is 23.7. The monoisotopic (exact) mass is 284 g/mol. The van der Waals surface area contributed by atoms with Gasteiger partial charge in [0.1, 0.15) is 0 Å². The number of rotatable bonds is 3. The minimum Gasteiger partial charge on any atom is -0.395 e. The molecular weight excluding hydrogens is 265 g/mol. The molecule has 1 rings (SSSR count). The van der Waals surface area contributed by atoms with Crippen molar-refractivity contribution in [3.05, 3.63) is 0 Å². The summed E-state index contributed by atoms with van der Waals surface area (Å²) in [6.07, 6.45) is -0.497. The molecule has 0 bridgehead atoms. The van der Waals surface area contributed by atoms with Crippen molar-refractivity contribution in [2.24, 2.45) is 0 Å². The molecule has 1 aliphatic heterocycles. The van der Waals surface area contributed by atoms with E-state index in [4.69, 9.17) is 5.11 Å². The summed E-state index contributed by atoms with van der Waals surface area (Å²) >= 11 is 0. The summed E-state index contributed by atoms with van der Waals surface area (Å²) in [4.78, 5) is 1.66. The van der Waals surface area contributed by atoms with Crippen LogP contribution in [0.3, 0.4) is 0 Å². The topological polar surface area (TPSA) is 23.5 Å². The normalized spacial score (nSPS) is 21.4. The summed E-state index contributed by atoms with van der Waals surface area (Å²) in [6.45, 7) is 4.52. The molecule has 0 aromatic heterocycles. The van der Waals surface area contributed by atoms with Crippen molar-refractivity contribution in [3.8, 4) is 0 Å². The van der Waals surface area contributed by atoms with E-state index in [0.717, 1.165) is 12.8 Å². The molecule has 0 spiro atoms. The molecule has 83 valence electrons. The molecule has 1 heterocycles. The predicted octanol–water partition coefficient (Wildman–Crippen LogP) is 1.73. The summed E-state index contributed by atoms with van der Waals surface area (Å²) in [5, 5.41) is 8.76. The van der Waals surface area contributed by atoms with Crippen molar-refractivity contribution in [2.45, 2.75) is 39.2 Å². The molecule has 1 unspecified atom stereocenters. The average Bonchev–Trinajstić information content (AvgIpc) is 2.54. The number of aliphatic hydroxyl groups is 1. The first-order chi connectivity index (χ1) is 6.24. The molecule has 0 aromatic rings. The minimum atomic E-state index is -2.28. The van der Waals surface area contributed by atoms with E-state index in [-0.39, 0.29) is 51.9 Å². The van der Waals surface area contributed by atoms with Crippen LogP contribution in [0.25, 0.3) is 0 Å². The quantitative estimate of drug-likeness (QED) is 0.853. The molecule has 1 N–H and O–H groups in total. The first-order valence-corrected chi connectivity index (χ1v) is 4.87. The number of nitrogens with zero attached hydrogens (tertiary/aromatic N) is 1. The smallest absolute Gasteiger partial charge is 0.251 e. The summed E-state index contributed by atoms with van der Waals surface area (Å²) in [5.41, 5.74) is 0. The van der Waals surface area contributed by atoms with Crippen molar-refractivity contribution < 1.29 is 46.6 Å². The standard InChI is InChI=1S/C7H13F2NO.C2H6.Y/c8-7(9)4-10-3-1-2-6(10)5-11;1-2;/h6-7,11H,1-5H2;1-2H3;. The van der Waals surface area contributed by atoms with Gasteiger partial charge in [-0.3, -0.25) is 4.90 Å². The van der Waals surface area contributed by atoms with Gasteiger partial charge >= 0.3 is 0 Å².